The molecule has 4 rings (SSSR count). The van der Waals surface area contributed by atoms with Gasteiger partial charge in [0.2, 0.25) is 0 Å². The molecule has 0 bridgehead atoms. The van der Waals surface area contributed by atoms with Gasteiger partial charge in [0.1, 0.15) is 5.82 Å². The second-order valence-corrected chi connectivity index (χ2v) is 7.37. The van der Waals surface area contributed by atoms with E-state index in [1.54, 1.807) is 4.90 Å². The van der Waals surface area contributed by atoms with Gasteiger partial charge in [0.05, 0.1) is 16.3 Å². The average Bonchev–Trinajstić information content (AvgIpc) is 2.74. The van der Waals surface area contributed by atoms with E-state index in [0.29, 0.717) is 26.2 Å². The Kier molecular flexibility index (Phi) is 5.45. The highest BCUT2D eigenvalue weighted by Gasteiger charge is 2.26. The fraction of sp³-hybridized carbons (Fsp3) is 0.227. The maximum absolute atomic E-state index is 14.0. The van der Waals surface area contributed by atoms with Gasteiger partial charge in [0.15, 0.2) is 5.82 Å². The summed E-state index contributed by atoms with van der Waals surface area (Å²) in [6, 6.07) is 16.2. The van der Waals surface area contributed by atoms with Crippen molar-refractivity contribution >= 4 is 23.3 Å². The number of aryl methyl sites for hydroxylation is 1. The van der Waals surface area contributed by atoms with Crippen LogP contribution in [0.2, 0.25) is 5.02 Å². The van der Waals surface area contributed by atoms with Gasteiger partial charge in [-0.05, 0) is 36.8 Å². The van der Waals surface area contributed by atoms with E-state index in [-0.39, 0.29) is 16.5 Å². The smallest absolute Gasteiger partial charge is 0.258 e. The number of aromatic nitrogens is 2. The molecular weight excluding hydrogens is 391 g/mol. The summed E-state index contributed by atoms with van der Waals surface area (Å²) in [7, 11) is 0. The first-order chi connectivity index (χ1) is 14.0. The van der Waals surface area contributed by atoms with Crippen LogP contribution < -0.4 is 4.90 Å². The lowest BCUT2D eigenvalue weighted by Gasteiger charge is -2.35. The molecule has 0 spiro atoms. The predicted molar refractivity (Wildman–Crippen MR) is 112 cm³/mol. The van der Waals surface area contributed by atoms with Gasteiger partial charge in [-0.3, -0.25) is 4.79 Å². The molecule has 0 atom stereocenters. The average molecular weight is 411 g/mol. The Labute approximate surface area is 173 Å². The summed E-state index contributed by atoms with van der Waals surface area (Å²) in [5.74, 6) is -0.213. The van der Waals surface area contributed by atoms with E-state index in [9.17, 15) is 9.18 Å². The van der Waals surface area contributed by atoms with Crippen LogP contribution in [0.4, 0.5) is 10.2 Å². The first-order valence-electron chi connectivity index (χ1n) is 9.42. The van der Waals surface area contributed by atoms with Gasteiger partial charge in [-0.25, -0.2) is 4.39 Å². The Hall–Kier alpha value is -2.99. The largest absolute Gasteiger partial charge is 0.352 e. The lowest BCUT2D eigenvalue weighted by Crippen LogP contribution is -2.49. The molecule has 1 amide bonds. The molecule has 0 radical (unpaired) electrons. The number of hydrogen-bond acceptors (Lipinski definition) is 4. The number of carbonyl (C=O) groups excluding carboxylic acids is 1. The number of piperazine rings is 1. The van der Waals surface area contributed by atoms with Gasteiger partial charge < -0.3 is 9.80 Å². The summed E-state index contributed by atoms with van der Waals surface area (Å²) in [5, 5.41) is 8.87. The zero-order chi connectivity index (χ0) is 20.4. The van der Waals surface area contributed by atoms with Crippen LogP contribution in [0.5, 0.6) is 0 Å². The second-order valence-electron chi connectivity index (χ2n) is 6.97. The maximum Gasteiger partial charge on any atom is 0.258 e. The number of benzene rings is 2. The van der Waals surface area contributed by atoms with Gasteiger partial charge in [0, 0.05) is 31.7 Å². The Morgan fingerprint density at radius 1 is 0.966 bits per heavy atom. The highest BCUT2D eigenvalue weighted by Crippen LogP contribution is 2.24. The van der Waals surface area contributed by atoms with E-state index >= 15 is 0 Å². The topological polar surface area (TPSA) is 49.3 Å². The Balaban J connectivity index is 1.43. The number of hydrogen-bond donors (Lipinski definition) is 0. The number of carbonyl (C=O) groups is 1. The summed E-state index contributed by atoms with van der Waals surface area (Å²) in [6.45, 7) is 4.16. The van der Waals surface area contributed by atoms with Crippen molar-refractivity contribution in [1.29, 1.82) is 0 Å². The third-order valence-electron chi connectivity index (χ3n) is 5.14. The zero-order valence-electron chi connectivity index (χ0n) is 16.0. The minimum absolute atomic E-state index is 0.0648. The van der Waals surface area contributed by atoms with E-state index in [2.05, 4.69) is 15.1 Å². The second kappa shape index (κ2) is 8.17. The number of halogens is 2. The van der Waals surface area contributed by atoms with Crippen molar-refractivity contribution in [3.63, 3.8) is 0 Å². The van der Waals surface area contributed by atoms with E-state index in [0.717, 1.165) is 22.6 Å². The van der Waals surface area contributed by atoms with Gasteiger partial charge in [-0.2, -0.15) is 0 Å². The molecule has 1 aliphatic rings. The van der Waals surface area contributed by atoms with Gasteiger partial charge in [-0.15, -0.1) is 10.2 Å². The highest BCUT2D eigenvalue weighted by molar-refractivity contribution is 6.33. The summed E-state index contributed by atoms with van der Waals surface area (Å²) < 4.78 is 14.0. The molecule has 7 heteroatoms. The molecule has 2 aromatic carbocycles. The molecular formula is C22H20ClFN4O. The van der Waals surface area contributed by atoms with Crippen molar-refractivity contribution in [2.75, 3.05) is 31.1 Å². The first kappa shape index (κ1) is 19.3. The summed E-state index contributed by atoms with van der Waals surface area (Å²) in [5.41, 5.74) is 2.97. The lowest BCUT2D eigenvalue weighted by molar-refractivity contribution is 0.0742. The van der Waals surface area contributed by atoms with E-state index in [4.69, 9.17) is 11.6 Å². The monoisotopic (exact) mass is 410 g/mol. The van der Waals surface area contributed by atoms with E-state index < -0.39 is 5.82 Å². The minimum atomic E-state index is -0.595. The molecule has 29 heavy (non-hydrogen) atoms. The van der Waals surface area contributed by atoms with Crippen LogP contribution in [0.3, 0.4) is 0 Å². The molecule has 1 aromatic heterocycles. The first-order valence-corrected chi connectivity index (χ1v) is 9.80. The summed E-state index contributed by atoms with van der Waals surface area (Å²) >= 11 is 6.03. The lowest BCUT2D eigenvalue weighted by atomic mass is 10.1. The Morgan fingerprint density at radius 3 is 2.38 bits per heavy atom. The number of amides is 1. The maximum atomic E-state index is 14.0. The fourth-order valence-corrected chi connectivity index (χ4v) is 3.74. The van der Waals surface area contributed by atoms with Crippen molar-refractivity contribution < 1.29 is 9.18 Å². The van der Waals surface area contributed by atoms with Crippen molar-refractivity contribution in [3.05, 3.63) is 76.6 Å². The molecule has 0 saturated carbocycles. The molecule has 148 valence electrons. The van der Waals surface area contributed by atoms with Gasteiger partial charge >= 0.3 is 0 Å². The zero-order valence-corrected chi connectivity index (χ0v) is 16.7. The molecule has 0 aliphatic carbocycles. The van der Waals surface area contributed by atoms with Crippen LogP contribution in [0.15, 0.2) is 54.6 Å². The SMILES string of the molecule is Cc1ccccc1-c1ccc(N2CCN(C(=O)c3c(F)cccc3Cl)CC2)nn1. The van der Waals surface area contributed by atoms with Gasteiger partial charge in [0.25, 0.3) is 5.91 Å². The number of anilines is 1. The van der Waals surface area contributed by atoms with Crippen LogP contribution in [-0.4, -0.2) is 47.2 Å². The van der Waals surface area contributed by atoms with E-state index in [1.807, 2.05) is 43.3 Å². The molecule has 1 fully saturated rings. The van der Waals surface area contributed by atoms with Crippen LogP contribution in [0, 0.1) is 12.7 Å². The molecule has 1 aliphatic heterocycles. The van der Waals surface area contributed by atoms with Crippen molar-refractivity contribution in [2.24, 2.45) is 0 Å². The third-order valence-corrected chi connectivity index (χ3v) is 5.45. The van der Waals surface area contributed by atoms with Gasteiger partial charge in [-0.1, -0.05) is 41.9 Å². The standard InChI is InChI=1S/C22H20ClFN4O/c1-15-5-2-3-6-16(15)19-9-10-20(26-25-19)27-11-13-28(14-12-27)22(29)21-17(23)7-4-8-18(21)24/h2-10H,11-14H2,1H3. The third kappa shape index (κ3) is 3.93. The molecule has 0 unspecified atom stereocenters. The summed E-state index contributed by atoms with van der Waals surface area (Å²) in [4.78, 5) is 16.4. The van der Waals surface area contributed by atoms with Crippen LogP contribution in [0.1, 0.15) is 15.9 Å². The normalized spacial score (nSPS) is 14.2. The number of rotatable bonds is 3. The summed E-state index contributed by atoms with van der Waals surface area (Å²) in [6.07, 6.45) is 0. The molecule has 5 nitrogen and oxygen atoms in total. The van der Waals surface area contributed by atoms with Crippen LogP contribution in [-0.2, 0) is 0 Å². The van der Waals surface area contributed by atoms with Crippen molar-refractivity contribution in [1.82, 2.24) is 15.1 Å². The Bertz CT molecular complexity index is 1010. The Morgan fingerprint density at radius 2 is 1.72 bits per heavy atom. The van der Waals surface area contributed by atoms with Crippen LogP contribution in [0.25, 0.3) is 11.3 Å². The quantitative estimate of drug-likeness (QED) is 0.649. The molecule has 1 saturated heterocycles. The predicted octanol–water partition coefficient (Wildman–Crippen LogP) is 4.21. The van der Waals surface area contributed by atoms with Crippen molar-refractivity contribution in [2.45, 2.75) is 6.92 Å². The molecule has 0 N–H and O–H groups in total. The van der Waals surface area contributed by atoms with E-state index in [1.165, 1.54) is 18.2 Å². The fourth-order valence-electron chi connectivity index (χ4n) is 3.50. The van der Waals surface area contributed by atoms with Crippen LogP contribution >= 0.6 is 11.6 Å². The van der Waals surface area contributed by atoms with Crippen molar-refractivity contribution in [3.8, 4) is 11.3 Å². The number of nitrogens with zero attached hydrogens (tertiary/aromatic N) is 4. The minimum Gasteiger partial charge on any atom is -0.352 e. The molecule has 2 heterocycles. The highest BCUT2D eigenvalue weighted by atomic mass is 35.5. The molecule has 3 aromatic rings.